The summed E-state index contributed by atoms with van der Waals surface area (Å²) >= 11 is 0. The van der Waals surface area contributed by atoms with Crippen molar-refractivity contribution in [3.8, 4) is 28.1 Å². The number of hydrogen-bond donors (Lipinski definition) is 2. The first-order chi connectivity index (χ1) is 14.8. The molecule has 156 valence electrons. The van der Waals surface area contributed by atoms with Crippen LogP contribution >= 0.6 is 0 Å². The van der Waals surface area contributed by atoms with Crippen LogP contribution in [0.2, 0.25) is 0 Å². The molecule has 6 nitrogen and oxygen atoms in total. The van der Waals surface area contributed by atoms with Gasteiger partial charge in [0.05, 0.1) is 16.2 Å². The number of hydrogen-bond acceptors (Lipinski definition) is 3. The number of nitrogens with zero attached hydrogens (tertiary/aromatic N) is 1. The van der Waals surface area contributed by atoms with Crippen LogP contribution in [0.3, 0.4) is 0 Å². The van der Waals surface area contributed by atoms with E-state index in [1.165, 1.54) is 12.1 Å². The number of aromatic nitrogens is 1. The van der Waals surface area contributed by atoms with Gasteiger partial charge >= 0.3 is 5.97 Å². The van der Waals surface area contributed by atoms with Crippen LogP contribution < -0.4 is 5.14 Å². The van der Waals surface area contributed by atoms with E-state index >= 15 is 0 Å². The maximum absolute atomic E-state index is 11.8. The van der Waals surface area contributed by atoms with Gasteiger partial charge in [-0.1, -0.05) is 54.6 Å². The van der Waals surface area contributed by atoms with E-state index < -0.39 is 16.0 Å². The quantitative estimate of drug-likeness (QED) is 0.486. The average molecular weight is 433 g/mol. The molecule has 0 atom stereocenters. The Balaban J connectivity index is 1.83. The summed E-state index contributed by atoms with van der Waals surface area (Å²) in [6, 6.07) is 25.5. The molecule has 0 fully saturated rings. The van der Waals surface area contributed by atoms with Crippen molar-refractivity contribution in [3.05, 3.63) is 96.2 Å². The Labute approximate surface area is 180 Å². The molecule has 0 spiro atoms. The lowest BCUT2D eigenvalue weighted by molar-refractivity contribution is 0.0696. The lowest BCUT2D eigenvalue weighted by Gasteiger charge is -2.13. The summed E-state index contributed by atoms with van der Waals surface area (Å²) in [4.78, 5) is 11.8. The van der Waals surface area contributed by atoms with Crippen molar-refractivity contribution >= 4 is 16.0 Å². The van der Waals surface area contributed by atoms with E-state index in [0.29, 0.717) is 17.1 Å². The van der Waals surface area contributed by atoms with Crippen molar-refractivity contribution in [2.24, 2.45) is 5.14 Å². The van der Waals surface area contributed by atoms with E-state index in [2.05, 4.69) is 0 Å². The van der Waals surface area contributed by atoms with Gasteiger partial charge in [0.2, 0.25) is 10.0 Å². The smallest absolute Gasteiger partial charge is 0.337 e. The van der Waals surface area contributed by atoms with Crippen molar-refractivity contribution in [1.82, 2.24) is 4.57 Å². The van der Waals surface area contributed by atoms with Crippen LogP contribution in [0, 0.1) is 6.92 Å². The minimum Gasteiger partial charge on any atom is -0.478 e. The zero-order chi connectivity index (χ0) is 22.2. The van der Waals surface area contributed by atoms with E-state index in [-0.39, 0.29) is 10.5 Å². The molecule has 0 bridgehead atoms. The highest BCUT2D eigenvalue weighted by Gasteiger charge is 2.19. The van der Waals surface area contributed by atoms with Gasteiger partial charge in [0, 0.05) is 11.4 Å². The third-order valence-corrected chi connectivity index (χ3v) is 6.12. The minimum absolute atomic E-state index is 0.00622. The van der Waals surface area contributed by atoms with Crippen LogP contribution in [-0.4, -0.2) is 24.1 Å². The van der Waals surface area contributed by atoms with Crippen molar-refractivity contribution in [3.63, 3.8) is 0 Å². The molecule has 0 saturated carbocycles. The van der Waals surface area contributed by atoms with Crippen LogP contribution in [0.15, 0.2) is 89.8 Å². The Hall–Kier alpha value is -3.68. The molecule has 0 aliphatic carbocycles. The third-order valence-electron chi connectivity index (χ3n) is 5.19. The molecule has 0 unspecified atom stereocenters. The van der Waals surface area contributed by atoms with Crippen LogP contribution in [0.25, 0.3) is 28.1 Å². The lowest BCUT2D eigenvalue weighted by atomic mass is 10.0. The molecule has 4 rings (SSSR count). The molecular weight excluding hydrogens is 412 g/mol. The van der Waals surface area contributed by atoms with Gasteiger partial charge in [0.15, 0.2) is 0 Å². The largest absolute Gasteiger partial charge is 0.478 e. The number of aromatic carboxylic acids is 1. The molecule has 3 aromatic carbocycles. The van der Waals surface area contributed by atoms with Gasteiger partial charge in [-0.3, -0.25) is 0 Å². The molecule has 0 aliphatic rings. The summed E-state index contributed by atoms with van der Waals surface area (Å²) < 4.78 is 24.9. The van der Waals surface area contributed by atoms with Gasteiger partial charge in [-0.25, -0.2) is 18.4 Å². The zero-order valence-electron chi connectivity index (χ0n) is 16.7. The number of carboxylic acids is 1. The Morgan fingerprint density at radius 1 is 0.839 bits per heavy atom. The van der Waals surface area contributed by atoms with Gasteiger partial charge in [-0.15, -0.1) is 0 Å². The van der Waals surface area contributed by atoms with E-state index in [1.807, 2.05) is 54.6 Å². The first-order valence-electron chi connectivity index (χ1n) is 9.50. The van der Waals surface area contributed by atoms with Crippen LogP contribution in [0.1, 0.15) is 16.1 Å². The first kappa shape index (κ1) is 20.6. The van der Waals surface area contributed by atoms with E-state index in [0.717, 1.165) is 16.7 Å². The second kappa shape index (κ2) is 7.86. The number of nitrogens with two attached hydrogens (primary N) is 1. The average Bonchev–Trinajstić information content (AvgIpc) is 3.11. The maximum atomic E-state index is 11.8. The molecule has 1 aromatic heterocycles. The summed E-state index contributed by atoms with van der Waals surface area (Å²) in [5.41, 5.74) is 5.03. The summed E-state index contributed by atoms with van der Waals surface area (Å²) in [6.07, 6.45) is 0. The van der Waals surface area contributed by atoms with Gasteiger partial charge < -0.3 is 9.67 Å². The molecule has 0 saturated heterocycles. The van der Waals surface area contributed by atoms with Crippen molar-refractivity contribution in [2.75, 3.05) is 0 Å². The summed E-state index contributed by atoms with van der Waals surface area (Å²) in [5, 5.41) is 14.8. The molecule has 0 aliphatic heterocycles. The van der Waals surface area contributed by atoms with Crippen molar-refractivity contribution < 1.29 is 18.3 Å². The molecule has 4 aromatic rings. The normalized spacial score (nSPS) is 11.4. The number of carbonyl (C=O) groups is 1. The van der Waals surface area contributed by atoms with Crippen molar-refractivity contribution in [2.45, 2.75) is 11.8 Å². The number of primary sulfonamides is 1. The lowest BCUT2D eigenvalue weighted by Crippen LogP contribution is -2.12. The maximum Gasteiger partial charge on any atom is 0.337 e. The van der Waals surface area contributed by atoms with E-state index in [1.54, 1.807) is 29.7 Å². The summed E-state index contributed by atoms with van der Waals surface area (Å²) in [5.74, 6) is -1.03. The Kier molecular flexibility index (Phi) is 5.22. The number of benzene rings is 3. The predicted molar refractivity (Wildman–Crippen MR) is 120 cm³/mol. The topological polar surface area (TPSA) is 102 Å². The molecule has 31 heavy (non-hydrogen) atoms. The SMILES string of the molecule is Cc1c(C(=O)O)cc(-c2ccc(-c3ccccc3)cc2)n1-c1ccc(S(N)(=O)=O)cc1. The molecule has 0 radical (unpaired) electrons. The van der Waals surface area contributed by atoms with Gasteiger partial charge in [0.25, 0.3) is 0 Å². The fraction of sp³-hybridized carbons (Fsp3) is 0.0417. The molecule has 1 heterocycles. The van der Waals surface area contributed by atoms with Gasteiger partial charge in [-0.05, 0) is 53.9 Å². The summed E-state index contributed by atoms with van der Waals surface area (Å²) in [6.45, 7) is 1.72. The second-order valence-electron chi connectivity index (χ2n) is 7.15. The second-order valence-corrected chi connectivity index (χ2v) is 8.71. The molecule has 0 amide bonds. The van der Waals surface area contributed by atoms with Gasteiger partial charge in [-0.2, -0.15) is 0 Å². The summed E-state index contributed by atoms with van der Waals surface area (Å²) in [7, 11) is -3.82. The third kappa shape index (κ3) is 4.01. The Morgan fingerprint density at radius 2 is 1.39 bits per heavy atom. The fourth-order valence-electron chi connectivity index (χ4n) is 3.62. The molecule has 7 heteroatoms. The highest BCUT2D eigenvalue weighted by molar-refractivity contribution is 7.89. The Morgan fingerprint density at radius 3 is 1.94 bits per heavy atom. The number of carboxylic acid groups (broad SMARTS) is 1. The monoisotopic (exact) mass is 432 g/mol. The highest BCUT2D eigenvalue weighted by Crippen LogP contribution is 2.31. The number of rotatable bonds is 5. The van der Waals surface area contributed by atoms with Crippen LogP contribution in [-0.2, 0) is 10.0 Å². The van der Waals surface area contributed by atoms with Crippen molar-refractivity contribution in [1.29, 1.82) is 0 Å². The Bertz CT molecular complexity index is 1360. The van der Waals surface area contributed by atoms with Crippen LogP contribution in [0.4, 0.5) is 0 Å². The minimum atomic E-state index is -3.82. The number of sulfonamides is 1. The van der Waals surface area contributed by atoms with E-state index in [4.69, 9.17) is 5.14 Å². The highest BCUT2D eigenvalue weighted by atomic mass is 32.2. The standard InChI is InChI=1S/C24H20N2O4S/c1-16-22(24(27)28)15-23(26(16)20-11-13-21(14-12-20)31(25,29)30)19-9-7-18(8-10-19)17-5-3-2-4-6-17/h2-15H,1H3,(H,27,28)(H2,25,29,30). The predicted octanol–water partition coefficient (Wildman–Crippen LogP) is 4.47. The fourth-order valence-corrected chi connectivity index (χ4v) is 4.13. The van der Waals surface area contributed by atoms with Gasteiger partial charge in [0.1, 0.15) is 0 Å². The molecular formula is C24H20N2O4S. The van der Waals surface area contributed by atoms with Crippen LogP contribution in [0.5, 0.6) is 0 Å². The van der Waals surface area contributed by atoms with E-state index in [9.17, 15) is 18.3 Å². The molecule has 3 N–H and O–H groups in total. The zero-order valence-corrected chi connectivity index (χ0v) is 17.5. The first-order valence-corrected chi connectivity index (χ1v) is 11.0.